The molecule has 2 heterocycles. The minimum Gasteiger partial charge on any atom is -0.385 e. The van der Waals surface area contributed by atoms with Crippen molar-refractivity contribution in [3.63, 3.8) is 0 Å². The molecular formula is C19H20N4O2. The Morgan fingerprint density at radius 3 is 2.88 bits per heavy atom. The van der Waals surface area contributed by atoms with Crippen molar-refractivity contribution in [3.05, 3.63) is 60.6 Å². The SMILES string of the molecule is COCCCNc1ccnc(C(=O)Nc2cccc3cccnc23)c1. The van der Waals surface area contributed by atoms with Crippen molar-refractivity contribution in [2.75, 3.05) is 30.9 Å². The summed E-state index contributed by atoms with van der Waals surface area (Å²) in [6.07, 6.45) is 4.22. The van der Waals surface area contributed by atoms with Gasteiger partial charge in [-0.1, -0.05) is 18.2 Å². The molecule has 2 aromatic heterocycles. The first-order valence-corrected chi connectivity index (χ1v) is 8.12. The van der Waals surface area contributed by atoms with Gasteiger partial charge in [0.2, 0.25) is 0 Å². The maximum Gasteiger partial charge on any atom is 0.274 e. The van der Waals surface area contributed by atoms with Crippen molar-refractivity contribution in [2.24, 2.45) is 0 Å². The summed E-state index contributed by atoms with van der Waals surface area (Å²) in [5, 5.41) is 7.12. The van der Waals surface area contributed by atoms with Crippen LogP contribution in [0.3, 0.4) is 0 Å². The summed E-state index contributed by atoms with van der Waals surface area (Å²) in [5.41, 5.74) is 2.63. The monoisotopic (exact) mass is 336 g/mol. The predicted octanol–water partition coefficient (Wildman–Crippen LogP) is 3.33. The number of pyridine rings is 2. The van der Waals surface area contributed by atoms with Crippen LogP contribution in [0.25, 0.3) is 10.9 Å². The molecule has 1 aromatic carbocycles. The van der Waals surface area contributed by atoms with Crippen LogP contribution in [0.2, 0.25) is 0 Å². The van der Waals surface area contributed by atoms with Crippen LogP contribution >= 0.6 is 0 Å². The minimum atomic E-state index is -0.265. The van der Waals surface area contributed by atoms with E-state index in [1.165, 1.54) is 0 Å². The van der Waals surface area contributed by atoms with E-state index in [-0.39, 0.29) is 5.91 Å². The first-order chi connectivity index (χ1) is 12.3. The van der Waals surface area contributed by atoms with Crippen LogP contribution in [0.15, 0.2) is 54.9 Å². The number of amides is 1. The van der Waals surface area contributed by atoms with Crippen LogP contribution in [0.1, 0.15) is 16.9 Å². The van der Waals surface area contributed by atoms with E-state index in [0.717, 1.165) is 29.6 Å². The molecule has 0 atom stereocenters. The summed E-state index contributed by atoms with van der Waals surface area (Å²) < 4.78 is 5.02. The molecule has 0 fully saturated rings. The summed E-state index contributed by atoms with van der Waals surface area (Å²) in [4.78, 5) is 21.0. The van der Waals surface area contributed by atoms with E-state index >= 15 is 0 Å². The van der Waals surface area contributed by atoms with Gasteiger partial charge < -0.3 is 15.4 Å². The van der Waals surface area contributed by atoms with Gasteiger partial charge in [-0.3, -0.25) is 14.8 Å². The van der Waals surface area contributed by atoms with Gasteiger partial charge in [0, 0.05) is 43.7 Å². The molecule has 0 unspecified atom stereocenters. The highest BCUT2D eigenvalue weighted by molar-refractivity contribution is 6.07. The van der Waals surface area contributed by atoms with Crippen molar-refractivity contribution in [3.8, 4) is 0 Å². The van der Waals surface area contributed by atoms with Crippen LogP contribution < -0.4 is 10.6 Å². The lowest BCUT2D eigenvalue weighted by molar-refractivity contribution is 0.102. The number of anilines is 2. The Morgan fingerprint density at radius 1 is 1.12 bits per heavy atom. The summed E-state index contributed by atoms with van der Waals surface area (Å²) in [6, 6.07) is 13.1. The van der Waals surface area contributed by atoms with Crippen molar-refractivity contribution in [1.82, 2.24) is 9.97 Å². The summed E-state index contributed by atoms with van der Waals surface area (Å²) in [7, 11) is 1.68. The molecule has 0 saturated heterocycles. The molecule has 6 nitrogen and oxygen atoms in total. The molecule has 0 bridgehead atoms. The third-order valence-electron chi connectivity index (χ3n) is 3.73. The number of nitrogens with one attached hydrogen (secondary N) is 2. The summed E-state index contributed by atoms with van der Waals surface area (Å²) in [6.45, 7) is 1.46. The van der Waals surface area contributed by atoms with E-state index in [0.29, 0.717) is 18.0 Å². The molecule has 0 spiro atoms. The van der Waals surface area contributed by atoms with Crippen molar-refractivity contribution in [2.45, 2.75) is 6.42 Å². The number of methoxy groups -OCH3 is 1. The fraction of sp³-hybridized carbons (Fsp3) is 0.211. The van der Waals surface area contributed by atoms with Crippen LogP contribution in [-0.2, 0) is 4.74 Å². The van der Waals surface area contributed by atoms with Gasteiger partial charge in [-0.25, -0.2) is 0 Å². The smallest absolute Gasteiger partial charge is 0.274 e. The molecule has 0 radical (unpaired) electrons. The van der Waals surface area contributed by atoms with Gasteiger partial charge in [0.05, 0.1) is 11.2 Å². The fourth-order valence-corrected chi connectivity index (χ4v) is 2.51. The molecule has 3 rings (SSSR count). The fourth-order valence-electron chi connectivity index (χ4n) is 2.51. The third-order valence-corrected chi connectivity index (χ3v) is 3.73. The van der Waals surface area contributed by atoms with Crippen LogP contribution in [0.5, 0.6) is 0 Å². The van der Waals surface area contributed by atoms with Gasteiger partial charge in [-0.05, 0) is 30.7 Å². The number of carbonyl (C=O) groups is 1. The zero-order valence-corrected chi connectivity index (χ0v) is 14.0. The van der Waals surface area contributed by atoms with E-state index in [1.54, 1.807) is 25.6 Å². The standard InChI is InChI=1S/C19H20N4O2/c1-25-12-4-10-20-15-8-11-21-17(13-15)19(24)23-16-7-2-5-14-6-3-9-22-18(14)16/h2-3,5-9,11,13H,4,10,12H2,1H3,(H,20,21)(H,23,24). The maximum atomic E-state index is 12.5. The van der Waals surface area contributed by atoms with Gasteiger partial charge in [0.25, 0.3) is 5.91 Å². The number of benzene rings is 1. The molecule has 0 aliphatic rings. The Labute approximate surface area is 146 Å². The highest BCUT2D eigenvalue weighted by Crippen LogP contribution is 2.21. The number of aromatic nitrogens is 2. The number of para-hydroxylation sites is 1. The molecule has 6 heteroatoms. The highest BCUT2D eigenvalue weighted by Gasteiger charge is 2.11. The number of fused-ring (bicyclic) bond motifs is 1. The lowest BCUT2D eigenvalue weighted by Gasteiger charge is -2.09. The van der Waals surface area contributed by atoms with Crippen molar-refractivity contribution < 1.29 is 9.53 Å². The lowest BCUT2D eigenvalue weighted by Crippen LogP contribution is -2.14. The zero-order chi connectivity index (χ0) is 17.5. The Hall–Kier alpha value is -2.99. The molecule has 0 saturated carbocycles. The van der Waals surface area contributed by atoms with Crippen molar-refractivity contribution >= 4 is 28.2 Å². The van der Waals surface area contributed by atoms with Crippen molar-refractivity contribution in [1.29, 1.82) is 0 Å². The minimum absolute atomic E-state index is 0.265. The van der Waals surface area contributed by atoms with E-state index in [4.69, 9.17) is 4.74 Å². The lowest BCUT2D eigenvalue weighted by atomic mass is 10.2. The van der Waals surface area contributed by atoms with E-state index < -0.39 is 0 Å². The molecule has 2 N–H and O–H groups in total. The van der Waals surface area contributed by atoms with E-state index in [9.17, 15) is 4.79 Å². The maximum absolute atomic E-state index is 12.5. The number of rotatable bonds is 7. The van der Waals surface area contributed by atoms with Gasteiger partial charge in [0.15, 0.2) is 0 Å². The molecule has 128 valence electrons. The second-order valence-corrected chi connectivity index (χ2v) is 5.54. The molecule has 0 aliphatic carbocycles. The Kier molecular flexibility index (Phi) is 5.53. The van der Waals surface area contributed by atoms with Crippen LogP contribution in [0, 0.1) is 0 Å². The Balaban J connectivity index is 1.72. The average Bonchev–Trinajstić information content (AvgIpc) is 2.66. The molecule has 1 amide bonds. The normalized spacial score (nSPS) is 10.6. The van der Waals surface area contributed by atoms with E-state index in [2.05, 4.69) is 20.6 Å². The number of carbonyl (C=O) groups excluding carboxylic acids is 1. The zero-order valence-electron chi connectivity index (χ0n) is 14.0. The number of nitrogens with zero attached hydrogens (tertiary/aromatic N) is 2. The summed E-state index contributed by atoms with van der Waals surface area (Å²) >= 11 is 0. The summed E-state index contributed by atoms with van der Waals surface area (Å²) in [5.74, 6) is -0.265. The van der Waals surface area contributed by atoms with Gasteiger partial charge in [-0.15, -0.1) is 0 Å². The molecular weight excluding hydrogens is 316 g/mol. The number of hydrogen-bond donors (Lipinski definition) is 2. The third kappa shape index (κ3) is 4.30. The Bertz CT molecular complexity index is 861. The van der Waals surface area contributed by atoms with Gasteiger partial charge in [-0.2, -0.15) is 0 Å². The largest absolute Gasteiger partial charge is 0.385 e. The first-order valence-electron chi connectivity index (χ1n) is 8.12. The average molecular weight is 336 g/mol. The second kappa shape index (κ2) is 8.21. The molecule has 25 heavy (non-hydrogen) atoms. The van der Waals surface area contributed by atoms with Crippen LogP contribution in [0.4, 0.5) is 11.4 Å². The quantitative estimate of drug-likeness (QED) is 0.647. The Morgan fingerprint density at radius 2 is 2.00 bits per heavy atom. The molecule has 0 aliphatic heterocycles. The predicted molar refractivity (Wildman–Crippen MR) is 98.9 cm³/mol. The number of ether oxygens (including phenoxy) is 1. The number of hydrogen-bond acceptors (Lipinski definition) is 5. The van der Waals surface area contributed by atoms with Gasteiger partial charge >= 0.3 is 0 Å². The van der Waals surface area contributed by atoms with Gasteiger partial charge in [0.1, 0.15) is 5.69 Å². The molecule has 3 aromatic rings. The first kappa shape index (κ1) is 16.9. The van der Waals surface area contributed by atoms with E-state index in [1.807, 2.05) is 36.4 Å². The second-order valence-electron chi connectivity index (χ2n) is 5.54. The highest BCUT2D eigenvalue weighted by atomic mass is 16.5. The van der Waals surface area contributed by atoms with Crippen LogP contribution in [-0.4, -0.2) is 36.1 Å². The topological polar surface area (TPSA) is 76.1 Å².